The lowest BCUT2D eigenvalue weighted by Crippen LogP contribution is -2.32. The number of hydrogen-bond acceptors (Lipinski definition) is 2. The van der Waals surface area contributed by atoms with Gasteiger partial charge in [-0.15, -0.1) is 0 Å². The highest BCUT2D eigenvalue weighted by Gasteiger charge is 2.25. The van der Waals surface area contributed by atoms with E-state index in [1.807, 2.05) is 36.9 Å². The Balaban J connectivity index is 2.12. The Morgan fingerprint density at radius 2 is 1.86 bits per heavy atom. The zero-order chi connectivity index (χ0) is 15.9. The number of aromatic nitrogens is 1. The number of aromatic carboxylic acids is 1. The molecule has 1 saturated heterocycles. The summed E-state index contributed by atoms with van der Waals surface area (Å²) in [5, 5.41) is 10.5. The van der Waals surface area contributed by atoms with Gasteiger partial charge in [0.2, 0.25) is 5.91 Å². The van der Waals surface area contributed by atoms with Crippen LogP contribution in [0.3, 0.4) is 0 Å². The lowest BCUT2D eigenvalue weighted by molar-refractivity contribution is -0.130. The highest BCUT2D eigenvalue weighted by atomic mass is 16.4. The average Bonchev–Trinajstić information content (AvgIpc) is 3.07. The van der Waals surface area contributed by atoms with Crippen LogP contribution in [0.5, 0.6) is 0 Å². The van der Waals surface area contributed by atoms with Crippen molar-refractivity contribution in [2.75, 3.05) is 13.1 Å². The fourth-order valence-corrected chi connectivity index (χ4v) is 3.40. The molecule has 1 amide bonds. The van der Waals surface area contributed by atoms with E-state index in [2.05, 4.69) is 0 Å². The van der Waals surface area contributed by atoms with Crippen molar-refractivity contribution in [3.63, 3.8) is 0 Å². The lowest BCUT2D eigenvalue weighted by Gasteiger charge is -2.17. The Morgan fingerprint density at radius 1 is 1.18 bits per heavy atom. The summed E-state index contributed by atoms with van der Waals surface area (Å²) in [5.74, 6) is -0.984. The van der Waals surface area contributed by atoms with Crippen LogP contribution in [0.2, 0.25) is 0 Å². The molecule has 0 unspecified atom stereocenters. The minimum Gasteiger partial charge on any atom is -0.477 e. The van der Waals surface area contributed by atoms with Crippen LogP contribution < -0.4 is 0 Å². The zero-order valence-electron chi connectivity index (χ0n) is 12.9. The number of carbonyl (C=O) groups excluding carboxylic acids is 1. The van der Waals surface area contributed by atoms with Crippen LogP contribution in [-0.2, 0) is 11.3 Å². The van der Waals surface area contributed by atoms with Gasteiger partial charge >= 0.3 is 5.97 Å². The first-order chi connectivity index (χ1) is 10.5. The molecule has 1 aliphatic rings. The van der Waals surface area contributed by atoms with Gasteiger partial charge < -0.3 is 14.6 Å². The monoisotopic (exact) mass is 300 g/mol. The maximum atomic E-state index is 12.5. The second-order valence-electron chi connectivity index (χ2n) is 5.92. The number of amides is 1. The summed E-state index contributed by atoms with van der Waals surface area (Å²) < 4.78 is 1.67. The molecule has 0 spiro atoms. The summed E-state index contributed by atoms with van der Waals surface area (Å²) in [6.45, 7) is 5.40. The Hall–Kier alpha value is -2.30. The number of hydrogen-bond donors (Lipinski definition) is 1. The third kappa shape index (κ3) is 2.26. The molecule has 1 aromatic carbocycles. The number of benzene rings is 1. The maximum absolute atomic E-state index is 12.5. The molecule has 5 heteroatoms. The molecule has 0 aliphatic carbocycles. The van der Waals surface area contributed by atoms with E-state index in [1.54, 1.807) is 4.57 Å². The molecular formula is C17H20N2O3. The van der Waals surface area contributed by atoms with Gasteiger partial charge in [0.05, 0.1) is 5.52 Å². The zero-order valence-corrected chi connectivity index (χ0v) is 12.9. The molecule has 0 saturated carbocycles. The summed E-state index contributed by atoms with van der Waals surface area (Å²) in [6.07, 6.45) is 2.06. The first-order valence-electron chi connectivity index (χ1n) is 7.60. The minimum atomic E-state index is -0.984. The van der Waals surface area contributed by atoms with Gasteiger partial charge in [0.15, 0.2) is 0 Å². The van der Waals surface area contributed by atoms with E-state index in [-0.39, 0.29) is 18.1 Å². The van der Waals surface area contributed by atoms with Crippen molar-refractivity contribution in [3.05, 3.63) is 35.0 Å². The molecular weight excluding hydrogens is 280 g/mol. The highest BCUT2D eigenvalue weighted by molar-refractivity contribution is 6.00. The van der Waals surface area contributed by atoms with E-state index in [0.29, 0.717) is 0 Å². The summed E-state index contributed by atoms with van der Waals surface area (Å²) in [6, 6.07) is 5.79. The largest absolute Gasteiger partial charge is 0.477 e. The van der Waals surface area contributed by atoms with E-state index in [9.17, 15) is 14.7 Å². The van der Waals surface area contributed by atoms with Gasteiger partial charge in [-0.25, -0.2) is 4.79 Å². The number of carboxylic acids is 1. The molecule has 2 aromatic rings. The van der Waals surface area contributed by atoms with Crippen molar-refractivity contribution in [1.82, 2.24) is 9.47 Å². The average molecular weight is 300 g/mol. The molecule has 1 fully saturated rings. The Kier molecular flexibility index (Phi) is 3.64. The molecule has 1 aromatic heterocycles. The van der Waals surface area contributed by atoms with Crippen molar-refractivity contribution in [3.8, 4) is 0 Å². The maximum Gasteiger partial charge on any atom is 0.352 e. The molecule has 22 heavy (non-hydrogen) atoms. The quantitative estimate of drug-likeness (QED) is 0.947. The van der Waals surface area contributed by atoms with Crippen molar-refractivity contribution in [2.24, 2.45) is 0 Å². The third-order valence-corrected chi connectivity index (χ3v) is 4.49. The first-order valence-corrected chi connectivity index (χ1v) is 7.60. The summed E-state index contributed by atoms with van der Waals surface area (Å²) in [5.41, 5.74) is 2.78. The summed E-state index contributed by atoms with van der Waals surface area (Å²) in [4.78, 5) is 26.0. The molecule has 3 rings (SSSR count). The molecule has 0 atom stereocenters. The van der Waals surface area contributed by atoms with Crippen LogP contribution in [0.15, 0.2) is 18.2 Å². The molecule has 1 aliphatic heterocycles. The summed E-state index contributed by atoms with van der Waals surface area (Å²) in [7, 11) is 0. The first kappa shape index (κ1) is 14.6. The number of carboxylic acid groups (broad SMARTS) is 1. The van der Waals surface area contributed by atoms with Gasteiger partial charge in [0.25, 0.3) is 0 Å². The number of nitrogens with zero attached hydrogens (tertiary/aromatic N) is 2. The number of rotatable bonds is 3. The smallest absolute Gasteiger partial charge is 0.352 e. The molecule has 116 valence electrons. The van der Waals surface area contributed by atoms with Crippen LogP contribution in [0, 0.1) is 13.8 Å². The standard InChI is InChI=1S/C17H20N2O3/c1-11-6-5-7-13-12(2)16(17(21)22)19(15(11)13)10-14(20)18-8-3-4-9-18/h5-7H,3-4,8-10H2,1-2H3,(H,21,22). The van der Waals surface area contributed by atoms with Gasteiger partial charge in [-0.3, -0.25) is 4.79 Å². The van der Waals surface area contributed by atoms with Crippen LogP contribution >= 0.6 is 0 Å². The molecule has 1 N–H and O–H groups in total. The summed E-state index contributed by atoms with van der Waals surface area (Å²) >= 11 is 0. The Labute approximate surface area is 129 Å². The molecule has 5 nitrogen and oxygen atoms in total. The van der Waals surface area contributed by atoms with Crippen LogP contribution in [0.4, 0.5) is 0 Å². The minimum absolute atomic E-state index is 0.000142. The normalized spacial score (nSPS) is 14.7. The number of para-hydroxylation sites is 1. The van der Waals surface area contributed by atoms with Gasteiger partial charge in [-0.05, 0) is 37.8 Å². The number of aryl methyl sites for hydroxylation is 2. The van der Waals surface area contributed by atoms with E-state index in [1.165, 1.54) is 0 Å². The van der Waals surface area contributed by atoms with Gasteiger partial charge in [-0.2, -0.15) is 0 Å². The number of likely N-dealkylation sites (tertiary alicyclic amines) is 1. The van der Waals surface area contributed by atoms with Crippen molar-refractivity contribution in [2.45, 2.75) is 33.2 Å². The molecule has 0 bridgehead atoms. The predicted octanol–water partition coefficient (Wildman–Crippen LogP) is 2.58. The van der Waals surface area contributed by atoms with Gasteiger partial charge in [0, 0.05) is 18.5 Å². The lowest BCUT2D eigenvalue weighted by atomic mass is 10.1. The second kappa shape index (κ2) is 5.48. The SMILES string of the molecule is Cc1c(C(=O)O)n(CC(=O)N2CCCC2)c2c(C)cccc12. The fourth-order valence-electron chi connectivity index (χ4n) is 3.40. The topological polar surface area (TPSA) is 62.5 Å². The predicted molar refractivity (Wildman–Crippen MR) is 84.2 cm³/mol. The van der Waals surface area contributed by atoms with Crippen molar-refractivity contribution < 1.29 is 14.7 Å². The van der Waals surface area contributed by atoms with E-state index in [0.717, 1.165) is 48.0 Å². The van der Waals surface area contributed by atoms with E-state index < -0.39 is 5.97 Å². The van der Waals surface area contributed by atoms with Crippen LogP contribution in [0.1, 0.15) is 34.5 Å². The number of fused-ring (bicyclic) bond motifs is 1. The molecule has 2 heterocycles. The van der Waals surface area contributed by atoms with E-state index in [4.69, 9.17) is 0 Å². The number of carbonyl (C=O) groups is 2. The van der Waals surface area contributed by atoms with Crippen molar-refractivity contribution in [1.29, 1.82) is 0 Å². The van der Waals surface area contributed by atoms with Crippen molar-refractivity contribution >= 4 is 22.8 Å². The van der Waals surface area contributed by atoms with Gasteiger partial charge in [0.1, 0.15) is 12.2 Å². The Morgan fingerprint density at radius 3 is 2.50 bits per heavy atom. The van der Waals surface area contributed by atoms with Crippen LogP contribution in [-0.4, -0.2) is 39.5 Å². The third-order valence-electron chi connectivity index (χ3n) is 4.49. The highest BCUT2D eigenvalue weighted by Crippen LogP contribution is 2.28. The Bertz CT molecular complexity index is 755. The van der Waals surface area contributed by atoms with Crippen LogP contribution in [0.25, 0.3) is 10.9 Å². The fraction of sp³-hybridized carbons (Fsp3) is 0.412. The molecule has 0 radical (unpaired) electrons. The van der Waals surface area contributed by atoms with E-state index >= 15 is 0 Å². The van der Waals surface area contributed by atoms with Gasteiger partial charge in [-0.1, -0.05) is 18.2 Å². The second-order valence-corrected chi connectivity index (χ2v) is 5.92.